The largest absolute Gasteiger partial charge is 0.414 e. The van der Waals surface area contributed by atoms with Crippen molar-refractivity contribution in [2.45, 2.75) is 0 Å². The third-order valence-electron chi connectivity index (χ3n) is 1.24. The van der Waals surface area contributed by atoms with E-state index in [2.05, 4.69) is 4.74 Å². The van der Waals surface area contributed by atoms with Crippen molar-refractivity contribution in [1.29, 1.82) is 0 Å². The molecule has 1 aromatic rings. The van der Waals surface area contributed by atoms with Gasteiger partial charge in [-0.1, -0.05) is 18.2 Å². The molecule has 5 heteroatoms. The molecule has 0 unspecified atom stereocenters. The molecule has 1 aromatic carbocycles. The van der Waals surface area contributed by atoms with Crippen LogP contribution in [0.3, 0.4) is 0 Å². The molecule has 0 saturated heterocycles. The molecule has 4 nitrogen and oxygen atoms in total. The van der Waals surface area contributed by atoms with Crippen molar-refractivity contribution in [3.8, 4) is 0 Å². The van der Waals surface area contributed by atoms with E-state index in [0.717, 1.165) is 0 Å². The van der Waals surface area contributed by atoms with Gasteiger partial charge in [-0.15, -0.1) is 0 Å². The SMILES string of the molecule is O=C(OC=S(=O)=O)c1ccccc1. The molecule has 68 valence electrons. The van der Waals surface area contributed by atoms with Gasteiger partial charge in [-0.2, -0.15) is 8.42 Å². The van der Waals surface area contributed by atoms with Crippen molar-refractivity contribution < 1.29 is 17.9 Å². The topological polar surface area (TPSA) is 60.4 Å². The molecule has 0 radical (unpaired) electrons. The van der Waals surface area contributed by atoms with E-state index in [4.69, 9.17) is 0 Å². The van der Waals surface area contributed by atoms with Gasteiger partial charge in [0.05, 0.1) is 5.56 Å². The number of esters is 1. The fourth-order valence-electron chi connectivity index (χ4n) is 0.725. The molecule has 0 aromatic heterocycles. The van der Waals surface area contributed by atoms with Gasteiger partial charge in [0.15, 0.2) is 0 Å². The molecule has 0 aliphatic heterocycles. The highest BCUT2D eigenvalue weighted by Crippen LogP contribution is 1.99. The molecule has 0 amide bonds. The normalized spacial score (nSPS) is 8.92. The lowest BCUT2D eigenvalue weighted by molar-refractivity contribution is 0.0732. The summed E-state index contributed by atoms with van der Waals surface area (Å²) < 4.78 is 24.3. The highest BCUT2D eigenvalue weighted by molar-refractivity contribution is 7.71. The van der Waals surface area contributed by atoms with Crippen molar-refractivity contribution in [3.63, 3.8) is 0 Å². The number of benzene rings is 1. The smallest absolute Gasteiger partial charge is 0.343 e. The molecule has 0 atom stereocenters. The minimum atomic E-state index is -2.48. The monoisotopic (exact) mass is 198 g/mol. The summed E-state index contributed by atoms with van der Waals surface area (Å²) in [6.07, 6.45) is 0. The van der Waals surface area contributed by atoms with E-state index >= 15 is 0 Å². The van der Waals surface area contributed by atoms with E-state index in [1.807, 2.05) is 0 Å². The first-order valence-corrected chi connectivity index (χ1v) is 4.51. The van der Waals surface area contributed by atoms with Crippen molar-refractivity contribution in [2.75, 3.05) is 0 Å². The second-order valence-corrected chi connectivity index (χ2v) is 2.84. The zero-order valence-electron chi connectivity index (χ0n) is 6.51. The minimum Gasteiger partial charge on any atom is -0.414 e. The van der Waals surface area contributed by atoms with Crippen molar-refractivity contribution >= 4 is 21.8 Å². The van der Waals surface area contributed by atoms with Crippen LogP contribution in [-0.2, 0) is 15.0 Å². The lowest BCUT2D eigenvalue weighted by atomic mass is 10.2. The predicted molar refractivity (Wildman–Crippen MR) is 46.8 cm³/mol. The summed E-state index contributed by atoms with van der Waals surface area (Å²) in [5.41, 5.74) is 0.763. The summed E-state index contributed by atoms with van der Waals surface area (Å²) in [5.74, 6) is -0.690. The van der Waals surface area contributed by atoms with Crippen LogP contribution in [0.2, 0.25) is 0 Å². The molecular weight excluding hydrogens is 192 g/mol. The Labute approximate surface area is 76.3 Å². The quantitative estimate of drug-likeness (QED) is 0.512. The predicted octanol–water partition coefficient (Wildman–Crippen LogP) is 0.482. The molecule has 13 heavy (non-hydrogen) atoms. The van der Waals surface area contributed by atoms with Crippen LogP contribution >= 0.6 is 0 Å². The van der Waals surface area contributed by atoms with Gasteiger partial charge in [0.1, 0.15) is 0 Å². The molecule has 0 saturated carbocycles. The average Bonchev–Trinajstić information content (AvgIpc) is 2.15. The van der Waals surface area contributed by atoms with Crippen LogP contribution in [0, 0.1) is 0 Å². The second-order valence-electron chi connectivity index (χ2n) is 2.13. The molecule has 0 aliphatic carbocycles. The molecule has 0 heterocycles. The maximum atomic E-state index is 11.0. The first kappa shape index (κ1) is 9.47. The number of carbonyl (C=O) groups is 1. The van der Waals surface area contributed by atoms with E-state index in [1.165, 1.54) is 12.1 Å². The van der Waals surface area contributed by atoms with Crippen LogP contribution in [0.15, 0.2) is 30.3 Å². The fraction of sp³-hybridized carbons (Fsp3) is 0. The fourth-order valence-corrected chi connectivity index (χ4v) is 0.891. The Hall–Kier alpha value is -1.62. The summed E-state index contributed by atoms with van der Waals surface area (Å²) in [5, 5.41) is 0. The molecular formula is C8H6O4S. The zero-order chi connectivity index (χ0) is 9.68. The van der Waals surface area contributed by atoms with E-state index in [1.54, 1.807) is 18.2 Å². The van der Waals surface area contributed by atoms with E-state index in [0.29, 0.717) is 11.1 Å². The van der Waals surface area contributed by atoms with Crippen molar-refractivity contribution in [3.05, 3.63) is 35.9 Å². The first-order chi connectivity index (χ1) is 6.20. The van der Waals surface area contributed by atoms with Crippen LogP contribution in [0.1, 0.15) is 10.4 Å². The Morgan fingerprint density at radius 3 is 2.38 bits per heavy atom. The Bertz CT molecular complexity index is 411. The standard InChI is InChI=1S/C8H6O4S/c9-8(12-6-13(10)11)7-4-2-1-3-5-7/h1-6H. The second kappa shape index (κ2) is 4.42. The molecule has 0 fully saturated rings. The van der Waals surface area contributed by atoms with Gasteiger partial charge in [0.25, 0.3) is 0 Å². The minimum absolute atomic E-state index is 0.309. The van der Waals surface area contributed by atoms with Gasteiger partial charge in [-0.3, -0.25) is 0 Å². The van der Waals surface area contributed by atoms with Crippen molar-refractivity contribution in [1.82, 2.24) is 0 Å². The Balaban J connectivity index is 2.76. The Morgan fingerprint density at radius 1 is 1.23 bits per heavy atom. The molecule has 0 spiro atoms. The summed E-state index contributed by atoms with van der Waals surface area (Å²) in [6.45, 7) is 0. The maximum absolute atomic E-state index is 11.0. The lowest BCUT2D eigenvalue weighted by Crippen LogP contribution is -2.03. The average molecular weight is 198 g/mol. The summed E-state index contributed by atoms with van der Waals surface area (Å²) in [4.78, 5) is 11.0. The van der Waals surface area contributed by atoms with Crippen LogP contribution in [-0.4, -0.2) is 19.9 Å². The van der Waals surface area contributed by atoms with E-state index in [9.17, 15) is 13.2 Å². The Kier molecular flexibility index (Phi) is 3.22. The van der Waals surface area contributed by atoms with Crippen LogP contribution in [0.4, 0.5) is 0 Å². The van der Waals surface area contributed by atoms with Gasteiger partial charge >= 0.3 is 5.97 Å². The number of hydrogen-bond donors (Lipinski definition) is 0. The van der Waals surface area contributed by atoms with E-state index < -0.39 is 16.3 Å². The summed E-state index contributed by atoms with van der Waals surface area (Å²) in [6, 6.07) is 8.12. The number of hydrogen-bond acceptors (Lipinski definition) is 4. The van der Waals surface area contributed by atoms with Gasteiger partial charge in [-0.25, -0.2) is 4.79 Å². The highest BCUT2D eigenvalue weighted by Gasteiger charge is 2.03. The van der Waals surface area contributed by atoms with Crippen molar-refractivity contribution in [2.24, 2.45) is 0 Å². The maximum Gasteiger partial charge on any atom is 0.343 e. The highest BCUT2D eigenvalue weighted by atomic mass is 32.2. The number of ether oxygens (including phenoxy) is 1. The number of carbonyl (C=O) groups excluding carboxylic acids is 1. The molecule has 0 N–H and O–H groups in total. The van der Waals surface area contributed by atoms with Crippen LogP contribution < -0.4 is 0 Å². The van der Waals surface area contributed by atoms with Gasteiger partial charge < -0.3 is 4.74 Å². The molecule has 1 rings (SSSR count). The third kappa shape index (κ3) is 3.08. The molecule has 0 bridgehead atoms. The van der Waals surface area contributed by atoms with Crippen LogP contribution in [0.25, 0.3) is 0 Å². The van der Waals surface area contributed by atoms with Gasteiger partial charge in [0, 0.05) is 0 Å². The van der Waals surface area contributed by atoms with Gasteiger partial charge in [0.2, 0.25) is 15.8 Å². The summed E-state index contributed by atoms with van der Waals surface area (Å²) in [7, 11) is -2.48. The van der Waals surface area contributed by atoms with E-state index in [-0.39, 0.29) is 0 Å². The molecule has 0 aliphatic rings. The first-order valence-electron chi connectivity index (χ1n) is 3.37. The lowest BCUT2D eigenvalue weighted by Gasteiger charge is -1.95. The zero-order valence-corrected chi connectivity index (χ0v) is 7.32. The third-order valence-corrected chi connectivity index (χ3v) is 1.50. The Morgan fingerprint density at radius 2 is 1.85 bits per heavy atom. The van der Waals surface area contributed by atoms with Gasteiger partial charge in [-0.05, 0) is 12.1 Å². The summed E-state index contributed by atoms with van der Waals surface area (Å²) >= 11 is 0. The van der Waals surface area contributed by atoms with Crippen LogP contribution in [0.5, 0.6) is 0 Å². The number of rotatable bonds is 2.